The number of hydrogen-bond acceptors (Lipinski definition) is 1. The van der Waals surface area contributed by atoms with Crippen molar-refractivity contribution in [3.63, 3.8) is 0 Å². The van der Waals surface area contributed by atoms with Gasteiger partial charge in [-0.2, -0.15) is 0 Å². The molecule has 0 fully saturated rings. The van der Waals surface area contributed by atoms with Gasteiger partial charge in [0.2, 0.25) is 0 Å². The Labute approximate surface area is 101 Å². The Bertz CT molecular complexity index is 377. The van der Waals surface area contributed by atoms with Crippen LogP contribution in [0.3, 0.4) is 0 Å². The predicted molar refractivity (Wildman–Crippen MR) is 66.2 cm³/mol. The molecule has 0 heterocycles. The van der Waals surface area contributed by atoms with Crippen LogP contribution in [-0.4, -0.2) is 6.54 Å². The summed E-state index contributed by atoms with van der Waals surface area (Å²) in [5.41, 5.74) is 6.28. The lowest BCUT2D eigenvalue weighted by Gasteiger charge is -1.95. The van der Waals surface area contributed by atoms with Crippen LogP contribution in [0.15, 0.2) is 18.2 Å². The second kappa shape index (κ2) is 6.74. The first-order chi connectivity index (χ1) is 7.24. The van der Waals surface area contributed by atoms with E-state index in [0.717, 1.165) is 31.4 Å². The predicted octanol–water partition coefficient (Wildman–Crippen LogP) is 3.47. The fourth-order valence-electron chi connectivity index (χ4n) is 1.10. The lowest BCUT2D eigenvalue weighted by atomic mass is 10.2. The SMILES string of the molecule is NCCCCC#Cc1ccc(Cl)c(Cl)c1. The van der Waals surface area contributed by atoms with E-state index in [0.29, 0.717) is 10.0 Å². The van der Waals surface area contributed by atoms with Crippen LogP contribution in [-0.2, 0) is 0 Å². The minimum Gasteiger partial charge on any atom is -0.330 e. The molecule has 2 N–H and O–H groups in total. The second-order valence-corrected chi connectivity index (χ2v) is 3.99. The van der Waals surface area contributed by atoms with Crippen molar-refractivity contribution >= 4 is 23.2 Å². The third-order valence-corrected chi connectivity index (χ3v) is 2.65. The van der Waals surface area contributed by atoms with E-state index in [1.165, 1.54) is 0 Å². The summed E-state index contributed by atoms with van der Waals surface area (Å²) in [4.78, 5) is 0. The summed E-state index contributed by atoms with van der Waals surface area (Å²) in [5, 5.41) is 1.11. The quantitative estimate of drug-likeness (QED) is 0.637. The third-order valence-electron chi connectivity index (χ3n) is 1.91. The van der Waals surface area contributed by atoms with Gasteiger partial charge in [-0.1, -0.05) is 35.0 Å². The molecule has 3 heteroatoms. The normalized spacial score (nSPS) is 9.53. The molecule has 1 aromatic rings. The molecule has 0 saturated carbocycles. The highest BCUT2D eigenvalue weighted by atomic mass is 35.5. The zero-order chi connectivity index (χ0) is 11.1. The third kappa shape index (κ3) is 4.57. The molecule has 0 saturated heterocycles. The first-order valence-corrected chi connectivity index (χ1v) is 5.63. The molecular formula is C12H13Cl2N. The summed E-state index contributed by atoms with van der Waals surface area (Å²) in [5.74, 6) is 6.11. The van der Waals surface area contributed by atoms with E-state index in [2.05, 4.69) is 11.8 Å². The van der Waals surface area contributed by atoms with E-state index < -0.39 is 0 Å². The number of benzene rings is 1. The van der Waals surface area contributed by atoms with Crippen LogP contribution in [0.25, 0.3) is 0 Å². The smallest absolute Gasteiger partial charge is 0.0604 e. The molecule has 0 aliphatic carbocycles. The van der Waals surface area contributed by atoms with Gasteiger partial charge >= 0.3 is 0 Å². The highest BCUT2D eigenvalue weighted by Crippen LogP contribution is 2.21. The van der Waals surface area contributed by atoms with Crippen LogP contribution in [0, 0.1) is 11.8 Å². The van der Waals surface area contributed by atoms with Crippen molar-refractivity contribution < 1.29 is 0 Å². The molecule has 1 aromatic carbocycles. The monoisotopic (exact) mass is 241 g/mol. The number of unbranched alkanes of at least 4 members (excludes halogenated alkanes) is 2. The van der Waals surface area contributed by atoms with Gasteiger partial charge in [0.25, 0.3) is 0 Å². The lowest BCUT2D eigenvalue weighted by molar-refractivity contribution is 0.768. The molecule has 0 spiro atoms. The standard InChI is InChI=1S/C12H13Cl2N/c13-11-7-6-10(9-12(11)14)5-3-1-2-4-8-15/h6-7,9H,1-2,4,8,15H2. The van der Waals surface area contributed by atoms with Crippen molar-refractivity contribution in [2.45, 2.75) is 19.3 Å². The van der Waals surface area contributed by atoms with Crippen molar-refractivity contribution in [1.29, 1.82) is 0 Å². The van der Waals surface area contributed by atoms with Crippen LogP contribution in [0.4, 0.5) is 0 Å². The van der Waals surface area contributed by atoms with Gasteiger partial charge in [-0.15, -0.1) is 0 Å². The minimum absolute atomic E-state index is 0.547. The zero-order valence-corrected chi connectivity index (χ0v) is 9.91. The first-order valence-electron chi connectivity index (χ1n) is 4.88. The molecule has 0 bridgehead atoms. The average molecular weight is 242 g/mol. The molecule has 0 unspecified atom stereocenters. The van der Waals surface area contributed by atoms with Gasteiger partial charge < -0.3 is 5.73 Å². The van der Waals surface area contributed by atoms with Gasteiger partial charge in [-0.3, -0.25) is 0 Å². The van der Waals surface area contributed by atoms with Gasteiger partial charge in [-0.05, 0) is 37.6 Å². The molecule has 0 radical (unpaired) electrons. The van der Waals surface area contributed by atoms with E-state index >= 15 is 0 Å². The highest BCUT2D eigenvalue weighted by molar-refractivity contribution is 6.42. The van der Waals surface area contributed by atoms with E-state index in [-0.39, 0.29) is 0 Å². The number of rotatable bonds is 3. The molecular weight excluding hydrogens is 229 g/mol. The molecule has 80 valence electrons. The van der Waals surface area contributed by atoms with E-state index in [1.54, 1.807) is 12.1 Å². The average Bonchev–Trinajstić information content (AvgIpc) is 2.23. The molecule has 1 nitrogen and oxygen atoms in total. The summed E-state index contributed by atoms with van der Waals surface area (Å²) in [7, 11) is 0. The lowest BCUT2D eigenvalue weighted by Crippen LogP contribution is -1.96. The molecule has 0 atom stereocenters. The maximum absolute atomic E-state index is 5.86. The Morgan fingerprint density at radius 2 is 1.93 bits per heavy atom. The summed E-state index contributed by atoms with van der Waals surface area (Å²) in [6, 6.07) is 5.40. The van der Waals surface area contributed by atoms with E-state index in [9.17, 15) is 0 Å². The van der Waals surface area contributed by atoms with Crippen LogP contribution >= 0.6 is 23.2 Å². The van der Waals surface area contributed by atoms with E-state index in [1.807, 2.05) is 6.07 Å². The summed E-state index contributed by atoms with van der Waals surface area (Å²) in [6.07, 6.45) is 2.94. The number of hydrogen-bond donors (Lipinski definition) is 1. The second-order valence-electron chi connectivity index (χ2n) is 3.18. The van der Waals surface area contributed by atoms with Crippen molar-refractivity contribution in [2.24, 2.45) is 5.73 Å². The fourth-order valence-corrected chi connectivity index (χ4v) is 1.39. The molecule has 0 aliphatic rings. The van der Waals surface area contributed by atoms with E-state index in [4.69, 9.17) is 28.9 Å². The van der Waals surface area contributed by atoms with Gasteiger partial charge in [-0.25, -0.2) is 0 Å². The fraction of sp³-hybridized carbons (Fsp3) is 0.333. The van der Waals surface area contributed by atoms with Gasteiger partial charge in [0.15, 0.2) is 0 Å². The maximum Gasteiger partial charge on any atom is 0.0604 e. The first kappa shape index (κ1) is 12.4. The molecule has 1 rings (SSSR count). The topological polar surface area (TPSA) is 26.0 Å². The van der Waals surface area contributed by atoms with Crippen molar-refractivity contribution in [2.75, 3.05) is 6.54 Å². The van der Waals surface area contributed by atoms with Crippen LogP contribution < -0.4 is 5.73 Å². The Hall–Kier alpha value is -0.680. The number of halogens is 2. The Kier molecular flexibility index (Phi) is 5.57. The van der Waals surface area contributed by atoms with Gasteiger partial charge in [0.05, 0.1) is 10.0 Å². The largest absolute Gasteiger partial charge is 0.330 e. The van der Waals surface area contributed by atoms with Crippen molar-refractivity contribution in [3.05, 3.63) is 33.8 Å². The Balaban J connectivity index is 2.53. The van der Waals surface area contributed by atoms with Crippen LogP contribution in [0.2, 0.25) is 10.0 Å². The minimum atomic E-state index is 0.547. The Morgan fingerprint density at radius 3 is 2.60 bits per heavy atom. The molecule has 0 aliphatic heterocycles. The van der Waals surface area contributed by atoms with Gasteiger partial charge in [0, 0.05) is 12.0 Å². The number of nitrogens with two attached hydrogens (primary N) is 1. The van der Waals surface area contributed by atoms with Crippen LogP contribution in [0.5, 0.6) is 0 Å². The van der Waals surface area contributed by atoms with Gasteiger partial charge in [0.1, 0.15) is 0 Å². The molecule has 0 amide bonds. The Morgan fingerprint density at radius 1 is 1.13 bits per heavy atom. The molecule has 0 aromatic heterocycles. The van der Waals surface area contributed by atoms with Crippen molar-refractivity contribution in [3.8, 4) is 11.8 Å². The summed E-state index contributed by atoms with van der Waals surface area (Å²) in [6.45, 7) is 0.731. The zero-order valence-electron chi connectivity index (χ0n) is 8.39. The summed E-state index contributed by atoms with van der Waals surface area (Å²) >= 11 is 11.6. The van der Waals surface area contributed by atoms with Crippen LogP contribution in [0.1, 0.15) is 24.8 Å². The highest BCUT2D eigenvalue weighted by Gasteiger charge is 1.96. The maximum atomic E-state index is 5.86. The molecule has 15 heavy (non-hydrogen) atoms. The summed E-state index contributed by atoms with van der Waals surface area (Å²) < 4.78 is 0. The van der Waals surface area contributed by atoms with Crippen molar-refractivity contribution in [1.82, 2.24) is 0 Å².